The van der Waals surface area contributed by atoms with Crippen LogP contribution in [0.1, 0.15) is 10.8 Å². The molecule has 1 aliphatic heterocycles. The van der Waals surface area contributed by atoms with E-state index in [0.29, 0.717) is 11.8 Å². The summed E-state index contributed by atoms with van der Waals surface area (Å²) in [5.41, 5.74) is 0. The molecule has 72 valence electrons. The van der Waals surface area contributed by atoms with Crippen molar-refractivity contribution in [1.82, 2.24) is 5.32 Å². The third-order valence-corrected chi connectivity index (χ3v) is 3.90. The summed E-state index contributed by atoms with van der Waals surface area (Å²) in [6.45, 7) is 2.13. The molecule has 0 aliphatic carbocycles. The molecule has 0 saturated carbocycles. The first-order valence-electron chi connectivity index (χ1n) is 4.38. The topological polar surface area (TPSA) is 32.3 Å². The van der Waals surface area contributed by atoms with Crippen LogP contribution >= 0.6 is 22.9 Å². The zero-order valence-electron chi connectivity index (χ0n) is 7.16. The van der Waals surface area contributed by atoms with E-state index in [1.807, 2.05) is 6.07 Å². The number of hydrogen-bond acceptors (Lipinski definition) is 3. The van der Waals surface area contributed by atoms with E-state index in [2.05, 4.69) is 11.4 Å². The molecule has 0 unspecified atom stereocenters. The van der Waals surface area contributed by atoms with Gasteiger partial charge in [0.2, 0.25) is 0 Å². The normalized spacial score (nSPS) is 28.2. The molecule has 1 saturated heterocycles. The van der Waals surface area contributed by atoms with Crippen molar-refractivity contribution in [2.45, 2.75) is 5.92 Å². The van der Waals surface area contributed by atoms with E-state index in [1.54, 1.807) is 11.3 Å². The molecule has 13 heavy (non-hydrogen) atoms. The second kappa shape index (κ2) is 3.96. The first kappa shape index (κ1) is 9.46. The third-order valence-electron chi connectivity index (χ3n) is 2.53. The molecule has 1 fully saturated rings. The smallest absolute Gasteiger partial charge is 0.0931 e. The minimum Gasteiger partial charge on any atom is -0.396 e. The van der Waals surface area contributed by atoms with Crippen molar-refractivity contribution in [2.75, 3.05) is 19.7 Å². The number of halogens is 1. The molecule has 0 aromatic carbocycles. The number of aliphatic hydroxyl groups excluding tert-OH is 1. The van der Waals surface area contributed by atoms with Crippen molar-refractivity contribution in [2.24, 2.45) is 5.92 Å². The van der Waals surface area contributed by atoms with Crippen molar-refractivity contribution in [3.63, 3.8) is 0 Å². The van der Waals surface area contributed by atoms with Crippen molar-refractivity contribution >= 4 is 22.9 Å². The van der Waals surface area contributed by atoms with Crippen LogP contribution in [0.25, 0.3) is 0 Å². The molecule has 2 nitrogen and oxygen atoms in total. The van der Waals surface area contributed by atoms with Crippen molar-refractivity contribution < 1.29 is 5.11 Å². The van der Waals surface area contributed by atoms with Crippen LogP contribution in [0, 0.1) is 5.92 Å². The van der Waals surface area contributed by atoms with Crippen LogP contribution in [0.15, 0.2) is 12.1 Å². The molecule has 0 radical (unpaired) electrons. The highest BCUT2D eigenvalue weighted by molar-refractivity contribution is 7.16. The average Bonchev–Trinajstić information content (AvgIpc) is 2.71. The fourth-order valence-corrected chi connectivity index (χ4v) is 3.04. The Balaban J connectivity index is 2.15. The molecule has 2 rings (SSSR count). The van der Waals surface area contributed by atoms with E-state index < -0.39 is 0 Å². The molecule has 2 N–H and O–H groups in total. The zero-order chi connectivity index (χ0) is 9.26. The van der Waals surface area contributed by atoms with Crippen molar-refractivity contribution in [1.29, 1.82) is 0 Å². The summed E-state index contributed by atoms with van der Waals surface area (Å²) in [5.74, 6) is 0.803. The Morgan fingerprint density at radius 3 is 3.00 bits per heavy atom. The van der Waals surface area contributed by atoms with Gasteiger partial charge in [-0.25, -0.2) is 0 Å². The van der Waals surface area contributed by atoms with Crippen LogP contribution in [-0.4, -0.2) is 24.8 Å². The van der Waals surface area contributed by atoms with Gasteiger partial charge in [-0.1, -0.05) is 11.6 Å². The van der Waals surface area contributed by atoms with Gasteiger partial charge in [-0.05, 0) is 12.1 Å². The summed E-state index contributed by atoms with van der Waals surface area (Å²) in [4.78, 5) is 1.29. The fraction of sp³-hybridized carbons (Fsp3) is 0.556. The van der Waals surface area contributed by atoms with Crippen LogP contribution in [0.4, 0.5) is 0 Å². The highest BCUT2D eigenvalue weighted by atomic mass is 35.5. The summed E-state index contributed by atoms with van der Waals surface area (Å²) in [6, 6.07) is 3.99. The van der Waals surface area contributed by atoms with E-state index in [1.165, 1.54) is 4.88 Å². The van der Waals surface area contributed by atoms with Gasteiger partial charge in [0, 0.05) is 36.4 Å². The van der Waals surface area contributed by atoms with Gasteiger partial charge in [-0.15, -0.1) is 11.3 Å². The third kappa shape index (κ3) is 1.89. The first-order chi connectivity index (χ1) is 6.31. The highest BCUT2D eigenvalue weighted by Crippen LogP contribution is 2.34. The minimum atomic E-state index is 0.257. The summed E-state index contributed by atoms with van der Waals surface area (Å²) in [5, 5.41) is 12.4. The van der Waals surface area contributed by atoms with Crippen molar-refractivity contribution in [3.8, 4) is 0 Å². The molecule has 0 amide bonds. The van der Waals surface area contributed by atoms with Crippen LogP contribution in [0.2, 0.25) is 4.34 Å². The van der Waals surface area contributed by atoms with Gasteiger partial charge >= 0.3 is 0 Å². The quantitative estimate of drug-likeness (QED) is 0.791. The Morgan fingerprint density at radius 1 is 1.54 bits per heavy atom. The Kier molecular flexibility index (Phi) is 2.89. The van der Waals surface area contributed by atoms with Gasteiger partial charge in [0.1, 0.15) is 0 Å². The molecule has 2 atom stereocenters. The van der Waals surface area contributed by atoms with E-state index in [9.17, 15) is 0 Å². The fourth-order valence-electron chi connectivity index (χ4n) is 1.79. The van der Waals surface area contributed by atoms with E-state index >= 15 is 0 Å². The summed E-state index contributed by atoms with van der Waals surface area (Å²) >= 11 is 7.48. The number of hydrogen-bond donors (Lipinski definition) is 2. The molecular formula is C9H12ClNOS. The molecule has 0 spiro atoms. The van der Waals surface area contributed by atoms with Gasteiger partial charge in [0.05, 0.1) is 4.34 Å². The minimum absolute atomic E-state index is 0.257. The van der Waals surface area contributed by atoms with Gasteiger partial charge in [0.25, 0.3) is 0 Å². The maximum atomic E-state index is 9.14. The summed E-state index contributed by atoms with van der Waals surface area (Å²) in [6.07, 6.45) is 0. The summed E-state index contributed by atoms with van der Waals surface area (Å²) in [7, 11) is 0. The molecule has 1 aliphatic rings. The van der Waals surface area contributed by atoms with Gasteiger partial charge in [-0.2, -0.15) is 0 Å². The van der Waals surface area contributed by atoms with E-state index in [-0.39, 0.29) is 6.61 Å². The summed E-state index contributed by atoms with van der Waals surface area (Å²) < 4.78 is 0.832. The van der Waals surface area contributed by atoms with Crippen LogP contribution in [0.5, 0.6) is 0 Å². The Morgan fingerprint density at radius 2 is 2.38 bits per heavy atom. The molecule has 2 heterocycles. The second-order valence-corrected chi connectivity index (χ2v) is 5.10. The maximum Gasteiger partial charge on any atom is 0.0931 e. The predicted octanol–water partition coefficient (Wildman–Crippen LogP) is 1.70. The van der Waals surface area contributed by atoms with Crippen LogP contribution < -0.4 is 5.32 Å². The SMILES string of the molecule is OC[C@H]1CNC[C@@H]1c1ccc(Cl)s1. The number of rotatable bonds is 2. The molecular weight excluding hydrogens is 206 g/mol. The van der Waals surface area contributed by atoms with Gasteiger partial charge in [-0.3, -0.25) is 0 Å². The Labute approximate surface area is 86.5 Å². The predicted molar refractivity (Wildman–Crippen MR) is 55.5 cm³/mol. The van der Waals surface area contributed by atoms with E-state index in [0.717, 1.165) is 17.4 Å². The van der Waals surface area contributed by atoms with Crippen molar-refractivity contribution in [3.05, 3.63) is 21.3 Å². The second-order valence-electron chi connectivity index (χ2n) is 3.35. The zero-order valence-corrected chi connectivity index (χ0v) is 8.74. The molecule has 1 aromatic heterocycles. The lowest BCUT2D eigenvalue weighted by atomic mass is 9.95. The van der Waals surface area contributed by atoms with Crippen LogP contribution in [-0.2, 0) is 0 Å². The lowest BCUT2D eigenvalue weighted by Crippen LogP contribution is -2.14. The van der Waals surface area contributed by atoms with E-state index in [4.69, 9.17) is 16.7 Å². The van der Waals surface area contributed by atoms with Gasteiger partial charge < -0.3 is 10.4 Å². The number of nitrogens with one attached hydrogen (secondary N) is 1. The highest BCUT2D eigenvalue weighted by Gasteiger charge is 2.28. The molecule has 1 aromatic rings. The Bertz CT molecular complexity index is 289. The maximum absolute atomic E-state index is 9.14. The van der Waals surface area contributed by atoms with Crippen LogP contribution in [0.3, 0.4) is 0 Å². The first-order valence-corrected chi connectivity index (χ1v) is 5.57. The lowest BCUT2D eigenvalue weighted by molar-refractivity contribution is 0.227. The largest absolute Gasteiger partial charge is 0.396 e. The number of thiophene rings is 1. The number of aliphatic hydroxyl groups is 1. The standard InChI is InChI=1S/C9H12ClNOS/c10-9-2-1-8(13-9)7-4-11-3-6(7)5-12/h1-2,6-7,11-12H,3-5H2/t6-,7+/m1/s1. The molecule has 0 bridgehead atoms. The lowest BCUT2D eigenvalue weighted by Gasteiger charge is -2.13. The average molecular weight is 218 g/mol. The Hall–Kier alpha value is -0.0900. The van der Waals surface area contributed by atoms with Gasteiger partial charge in [0.15, 0.2) is 0 Å². The monoisotopic (exact) mass is 217 g/mol. The molecule has 4 heteroatoms.